The summed E-state index contributed by atoms with van der Waals surface area (Å²) >= 11 is 0. The normalized spacial score (nSPS) is 23.0. The molecule has 5 rings (SSSR count). The third-order valence-corrected chi connectivity index (χ3v) is 6.37. The quantitative estimate of drug-likeness (QED) is 0.266. The summed E-state index contributed by atoms with van der Waals surface area (Å²) < 4.78 is 0. The number of rotatable bonds is 9. The number of likely N-dealkylation sites (tertiary alicyclic amines) is 1. The van der Waals surface area contributed by atoms with Crippen LogP contribution in [-0.2, 0) is 4.84 Å². The van der Waals surface area contributed by atoms with E-state index in [0.717, 1.165) is 30.3 Å². The molecule has 32 heavy (non-hydrogen) atoms. The monoisotopic (exact) mass is 437 g/mol. The number of piperazine rings is 1. The lowest BCUT2D eigenvalue weighted by Gasteiger charge is -2.33. The van der Waals surface area contributed by atoms with Crippen molar-refractivity contribution < 1.29 is 4.84 Å². The molecule has 0 aromatic carbocycles. The van der Waals surface area contributed by atoms with Gasteiger partial charge in [-0.2, -0.15) is 21.0 Å². The second-order valence-corrected chi connectivity index (χ2v) is 9.11. The van der Waals surface area contributed by atoms with Gasteiger partial charge in [0, 0.05) is 48.9 Å². The molecule has 3 aliphatic rings. The molecule has 0 radical (unpaired) electrons. The lowest BCUT2D eigenvalue weighted by molar-refractivity contribution is 0.219. The maximum atomic E-state index is 5.41. The average molecular weight is 438 g/mol. The zero-order valence-electron chi connectivity index (χ0n) is 18.6. The minimum absolute atomic E-state index is 0.356. The highest BCUT2D eigenvalue weighted by Gasteiger charge is 2.42. The van der Waals surface area contributed by atoms with Crippen LogP contribution in [0.1, 0.15) is 37.8 Å². The number of aromatic amines is 1. The Morgan fingerprint density at radius 3 is 2.78 bits per heavy atom. The van der Waals surface area contributed by atoms with Crippen LogP contribution in [0.25, 0.3) is 0 Å². The third kappa shape index (κ3) is 4.42. The first-order valence-electron chi connectivity index (χ1n) is 11.1. The van der Waals surface area contributed by atoms with Gasteiger partial charge in [0.2, 0.25) is 5.95 Å². The lowest BCUT2D eigenvalue weighted by atomic mass is 10.2. The molecule has 2 atom stereocenters. The summed E-state index contributed by atoms with van der Waals surface area (Å²) in [5.74, 6) is 9.45. The molecule has 0 amide bonds. The molecular weight excluding hydrogens is 406 g/mol. The third-order valence-electron chi connectivity index (χ3n) is 6.37. The van der Waals surface area contributed by atoms with E-state index in [1.807, 2.05) is 13.0 Å². The van der Waals surface area contributed by atoms with Gasteiger partial charge in [0.05, 0.1) is 6.54 Å². The van der Waals surface area contributed by atoms with E-state index < -0.39 is 0 Å². The van der Waals surface area contributed by atoms with Crippen molar-refractivity contribution in [2.75, 3.05) is 42.2 Å². The van der Waals surface area contributed by atoms with E-state index in [-0.39, 0.29) is 0 Å². The number of anilines is 4. The molecule has 4 heterocycles. The van der Waals surface area contributed by atoms with Gasteiger partial charge in [-0.05, 0) is 39.3 Å². The number of nitrogens with zero attached hydrogens (tertiary/aromatic N) is 5. The fourth-order valence-corrected chi connectivity index (χ4v) is 4.57. The minimum atomic E-state index is 0.356. The maximum absolute atomic E-state index is 5.41. The van der Waals surface area contributed by atoms with E-state index in [9.17, 15) is 0 Å². The number of hydrogen-bond acceptors (Lipinski definition) is 9. The first-order valence-corrected chi connectivity index (χ1v) is 11.1. The molecule has 3 fully saturated rings. The number of hydrogen-bond donors (Lipinski definition) is 4. The molecular formula is C22H31N9O. The molecule has 10 heteroatoms. The molecule has 170 valence electrons. The van der Waals surface area contributed by atoms with Crippen LogP contribution in [0.2, 0.25) is 0 Å². The van der Waals surface area contributed by atoms with E-state index >= 15 is 0 Å². The Morgan fingerprint density at radius 1 is 1.28 bits per heavy atom. The Balaban J connectivity index is 1.38. The van der Waals surface area contributed by atoms with Crippen LogP contribution >= 0.6 is 0 Å². The van der Waals surface area contributed by atoms with Gasteiger partial charge >= 0.3 is 0 Å². The molecule has 0 spiro atoms. The number of nitrogens with two attached hydrogens (primary N) is 1. The van der Waals surface area contributed by atoms with Gasteiger partial charge in [0.25, 0.3) is 0 Å². The van der Waals surface area contributed by atoms with Crippen molar-refractivity contribution in [3.63, 3.8) is 0 Å². The first kappa shape index (κ1) is 20.8. The molecule has 2 saturated heterocycles. The Morgan fingerprint density at radius 2 is 2.12 bits per heavy atom. The van der Waals surface area contributed by atoms with Crippen LogP contribution in [0.15, 0.2) is 36.1 Å². The highest BCUT2D eigenvalue weighted by atomic mass is 16.6. The van der Waals surface area contributed by atoms with Gasteiger partial charge in [0.1, 0.15) is 17.4 Å². The first-order chi connectivity index (χ1) is 15.5. The van der Waals surface area contributed by atoms with E-state index in [0.29, 0.717) is 42.1 Å². The van der Waals surface area contributed by atoms with E-state index in [1.54, 1.807) is 6.08 Å². The van der Waals surface area contributed by atoms with Crippen LogP contribution < -0.4 is 21.4 Å². The summed E-state index contributed by atoms with van der Waals surface area (Å²) in [6.45, 7) is 8.14. The summed E-state index contributed by atoms with van der Waals surface area (Å²) in [6, 6.07) is 5.11. The van der Waals surface area contributed by atoms with Gasteiger partial charge < -0.3 is 20.4 Å². The number of likely N-dealkylation sites (N-methyl/N-ethyl adjacent to an activating group) is 1. The van der Waals surface area contributed by atoms with Gasteiger partial charge in [-0.3, -0.25) is 10.00 Å². The van der Waals surface area contributed by atoms with E-state index in [4.69, 9.17) is 15.7 Å². The van der Waals surface area contributed by atoms with Crippen LogP contribution in [0, 0.1) is 0 Å². The van der Waals surface area contributed by atoms with Crippen molar-refractivity contribution in [1.29, 1.82) is 0 Å². The molecule has 2 unspecified atom stereocenters. The van der Waals surface area contributed by atoms with Crippen molar-refractivity contribution in [1.82, 2.24) is 25.1 Å². The minimum Gasteiger partial charge on any atom is -0.414 e. The largest absolute Gasteiger partial charge is 0.414 e. The molecule has 10 nitrogen and oxygen atoms in total. The van der Waals surface area contributed by atoms with Gasteiger partial charge in [-0.1, -0.05) is 12.2 Å². The van der Waals surface area contributed by atoms with Crippen molar-refractivity contribution >= 4 is 23.4 Å². The predicted molar refractivity (Wildman–Crippen MR) is 125 cm³/mol. The standard InChI is InChI=1S/C22H31N9O/c1-13(2)6-17(32-23)10-24-22-26-19(25-20-8-18(28-29-20)14-4-5-14)9-21(27-22)31-12-15-7-16(31)11-30(15)3/h6,8-9,14-16H,1,4-5,7,10-12,23H2,2-3H3,(H3,24,25,26,27,28,29)/b17-6-. The van der Waals surface area contributed by atoms with E-state index in [1.165, 1.54) is 25.0 Å². The van der Waals surface area contributed by atoms with Crippen molar-refractivity contribution in [3.05, 3.63) is 41.8 Å². The summed E-state index contributed by atoms with van der Waals surface area (Å²) in [7, 11) is 2.19. The number of aromatic nitrogens is 4. The number of nitrogens with one attached hydrogen (secondary N) is 3. The van der Waals surface area contributed by atoms with E-state index in [2.05, 4.69) is 55.3 Å². The highest BCUT2D eigenvalue weighted by Crippen LogP contribution is 2.40. The average Bonchev–Trinajstić information content (AvgIpc) is 3.20. The summed E-state index contributed by atoms with van der Waals surface area (Å²) in [6.07, 6.45) is 5.40. The maximum Gasteiger partial charge on any atom is 0.227 e. The van der Waals surface area contributed by atoms with Crippen LogP contribution in [0.5, 0.6) is 0 Å². The van der Waals surface area contributed by atoms with Crippen LogP contribution in [0.3, 0.4) is 0 Å². The molecule has 1 aliphatic carbocycles. The lowest BCUT2D eigenvalue weighted by Crippen LogP contribution is -2.45. The molecule has 2 aliphatic heterocycles. The number of H-pyrrole nitrogens is 1. The Hall–Kier alpha value is -3.11. The second-order valence-electron chi connectivity index (χ2n) is 9.11. The van der Waals surface area contributed by atoms with Crippen molar-refractivity contribution in [2.45, 2.75) is 44.2 Å². The Bertz CT molecular complexity index is 1030. The van der Waals surface area contributed by atoms with Crippen molar-refractivity contribution in [2.24, 2.45) is 5.90 Å². The fourth-order valence-electron chi connectivity index (χ4n) is 4.57. The topological polar surface area (TPSA) is 120 Å². The molecule has 5 N–H and O–H groups in total. The van der Waals surface area contributed by atoms with Crippen LogP contribution in [-0.4, -0.2) is 63.8 Å². The summed E-state index contributed by atoms with van der Waals surface area (Å²) in [5, 5.41) is 14.1. The highest BCUT2D eigenvalue weighted by molar-refractivity contribution is 5.61. The zero-order chi connectivity index (χ0) is 22.2. The summed E-state index contributed by atoms with van der Waals surface area (Å²) in [4.78, 5) is 19.2. The van der Waals surface area contributed by atoms with Crippen LogP contribution in [0.4, 0.5) is 23.4 Å². The number of allylic oxidation sites excluding steroid dienone is 2. The predicted octanol–water partition coefficient (Wildman–Crippen LogP) is 2.48. The van der Waals surface area contributed by atoms with Gasteiger partial charge in [-0.25, -0.2) is 0 Å². The smallest absolute Gasteiger partial charge is 0.227 e. The molecule has 1 saturated carbocycles. The second kappa shape index (κ2) is 8.44. The Labute approximate surface area is 187 Å². The van der Waals surface area contributed by atoms with Crippen molar-refractivity contribution in [3.8, 4) is 0 Å². The molecule has 2 aromatic rings. The SMILES string of the molecule is C=C(C)/C=C(/CNc1nc(Nc2cc(C3CC3)[nH]n2)cc(N2CC3CC2CN3C)n1)ON. The molecule has 2 bridgehead atoms. The summed E-state index contributed by atoms with van der Waals surface area (Å²) in [5.41, 5.74) is 2.03. The van der Waals surface area contributed by atoms with Gasteiger partial charge in [0.15, 0.2) is 5.82 Å². The zero-order valence-corrected chi connectivity index (χ0v) is 18.6. The fraction of sp³-hybridized carbons (Fsp3) is 0.500. The number of fused-ring (bicyclic) bond motifs is 2. The van der Waals surface area contributed by atoms with Gasteiger partial charge in [-0.15, -0.1) is 0 Å². The molecule has 2 aromatic heterocycles. The Kier molecular flexibility index (Phi) is 5.48.